The van der Waals surface area contributed by atoms with Crippen LogP contribution in [0.25, 0.3) is 0 Å². The maximum atomic E-state index is 12.7. The number of hydrogen-bond acceptors (Lipinski definition) is 6. The molecule has 4 rings (SSSR count). The molecule has 0 aliphatic carbocycles. The Morgan fingerprint density at radius 2 is 1.71 bits per heavy atom. The number of amides is 1. The summed E-state index contributed by atoms with van der Waals surface area (Å²) in [5.41, 5.74) is 1.54. The van der Waals surface area contributed by atoms with Crippen LogP contribution in [-0.2, 0) is 14.8 Å². The molecule has 1 fully saturated rings. The Morgan fingerprint density at radius 1 is 1.00 bits per heavy atom. The van der Waals surface area contributed by atoms with E-state index in [1.165, 1.54) is 16.4 Å². The number of hydrogen-bond donors (Lipinski definition) is 1. The summed E-state index contributed by atoms with van der Waals surface area (Å²) in [7, 11) is -3.82. The molecule has 8 nitrogen and oxygen atoms in total. The lowest BCUT2D eigenvalue weighted by atomic mass is 10.2. The van der Waals surface area contributed by atoms with Crippen molar-refractivity contribution >= 4 is 21.6 Å². The molecule has 9 heteroatoms. The molecule has 162 valence electrons. The molecule has 0 atom stereocenters. The van der Waals surface area contributed by atoms with E-state index in [0.717, 1.165) is 5.56 Å². The van der Waals surface area contributed by atoms with Crippen molar-refractivity contribution in [2.45, 2.75) is 12.0 Å². The van der Waals surface area contributed by atoms with E-state index in [0.29, 0.717) is 30.4 Å². The largest absolute Gasteiger partial charge is 0.455 e. The van der Waals surface area contributed by atoms with Crippen molar-refractivity contribution in [3.63, 3.8) is 0 Å². The number of carbonyl (C=O) groups is 1. The van der Waals surface area contributed by atoms with Gasteiger partial charge in [0.05, 0.1) is 18.9 Å². The maximum absolute atomic E-state index is 12.7. The molecule has 2 heterocycles. The van der Waals surface area contributed by atoms with Gasteiger partial charge in [-0.3, -0.25) is 4.79 Å². The number of morpholine rings is 1. The zero-order valence-corrected chi connectivity index (χ0v) is 17.7. The van der Waals surface area contributed by atoms with Crippen molar-refractivity contribution in [1.82, 2.24) is 4.31 Å². The van der Waals surface area contributed by atoms with Crippen LogP contribution in [0.15, 0.2) is 70.2 Å². The Bertz CT molecular complexity index is 1160. The van der Waals surface area contributed by atoms with Crippen LogP contribution < -0.4 is 10.1 Å². The van der Waals surface area contributed by atoms with E-state index >= 15 is 0 Å². The van der Waals surface area contributed by atoms with Gasteiger partial charge in [0.2, 0.25) is 5.09 Å². The Labute approximate surface area is 180 Å². The van der Waals surface area contributed by atoms with Crippen LogP contribution in [-0.4, -0.2) is 44.9 Å². The molecule has 2 aromatic carbocycles. The van der Waals surface area contributed by atoms with E-state index in [4.69, 9.17) is 13.9 Å². The molecule has 1 aromatic heterocycles. The van der Waals surface area contributed by atoms with Crippen LogP contribution >= 0.6 is 0 Å². The van der Waals surface area contributed by atoms with Gasteiger partial charge in [0, 0.05) is 13.1 Å². The normalized spacial score (nSPS) is 14.9. The smallest absolute Gasteiger partial charge is 0.291 e. The Morgan fingerprint density at radius 3 is 2.45 bits per heavy atom. The van der Waals surface area contributed by atoms with Gasteiger partial charge < -0.3 is 19.2 Å². The van der Waals surface area contributed by atoms with Gasteiger partial charge in [-0.05, 0) is 43.3 Å². The van der Waals surface area contributed by atoms with E-state index in [1.54, 1.807) is 24.3 Å². The molecule has 0 spiro atoms. The second kappa shape index (κ2) is 8.93. The van der Waals surface area contributed by atoms with Gasteiger partial charge in [-0.1, -0.05) is 29.8 Å². The summed E-state index contributed by atoms with van der Waals surface area (Å²) in [4.78, 5) is 12.7. The van der Waals surface area contributed by atoms with E-state index in [2.05, 4.69) is 5.32 Å². The molecule has 1 aliphatic heterocycles. The summed E-state index contributed by atoms with van der Waals surface area (Å²) in [6, 6.07) is 17.1. The van der Waals surface area contributed by atoms with Crippen molar-refractivity contribution in [3.8, 4) is 11.5 Å². The van der Waals surface area contributed by atoms with Crippen LogP contribution in [0.4, 0.5) is 5.69 Å². The van der Waals surface area contributed by atoms with Crippen molar-refractivity contribution < 1.29 is 27.1 Å². The number of carbonyl (C=O) groups excluding carboxylic acids is 1. The number of benzene rings is 2. The lowest BCUT2D eigenvalue weighted by molar-refractivity contribution is 0.0723. The average Bonchev–Trinajstić information content (AvgIpc) is 3.29. The monoisotopic (exact) mass is 442 g/mol. The molecule has 1 saturated heterocycles. The predicted octanol–water partition coefficient (Wildman–Crippen LogP) is 3.65. The number of aryl methyl sites for hydroxylation is 1. The minimum atomic E-state index is -3.82. The van der Waals surface area contributed by atoms with Crippen molar-refractivity contribution in [1.29, 1.82) is 0 Å². The van der Waals surface area contributed by atoms with Crippen molar-refractivity contribution in [2.75, 3.05) is 31.6 Å². The van der Waals surface area contributed by atoms with Crippen molar-refractivity contribution in [3.05, 3.63) is 72.0 Å². The zero-order chi connectivity index (χ0) is 21.8. The second-order valence-electron chi connectivity index (χ2n) is 7.00. The summed E-state index contributed by atoms with van der Waals surface area (Å²) < 4.78 is 43.1. The molecule has 1 N–H and O–H groups in total. The number of para-hydroxylation sites is 2. The van der Waals surface area contributed by atoms with Crippen LogP contribution in [0.2, 0.25) is 0 Å². The van der Waals surface area contributed by atoms with E-state index < -0.39 is 15.9 Å². The number of nitrogens with zero attached hydrogens (tertiary/aromatic N) is 1. The number of sulfonamides is 1. The molecule has 1 amide bonds. The highest BCUT2D eigenvalue weighted by Crippen LogP contribution is 2.30. The molecule has 1 aliphatic rings. The molecule has 31 heavy (non-hydrogen) atoms. The molecule has 0 saturated carbocycles. The first kappa shape index (κ1) is 21.1. The summed E-state index contributed by atoms with van der Waals surface area (Å²) >= 11 is 0. The van der Waals surface area contributed by atoms with Crippen LogP contribution in [0.3, 0.4) is 0 Å². The predicted molar refractivity (Wildman–Crippen MR) is 114 cm³/mol. The SMILES string of the molecule is Cc1ccc(Oc2ccccc2NC(=O)c2ccc(S(=O)(=O)N3CCOCC3)o2)cc1. The number of rotatable bonds is 6. The average molecular weight is 442 g/mol. The topological polar surface area (TPSA) is 98.1 Å². The number of anilines is 1. The summed E-state index contributed by atoms with van der Waals surface area (Å²) in [6.45, 7) is 3.12. The number of nitrogens with one attached hydrogen (secondary N) is 1. The highest BCUT2D eigenvalue weighted by atomic mass is 32.2. The van der Waals surface area contributed by atoms with Crippen LogP contribution in [0, 0.1) is 6.92 Å². The minimum absolute atomic E-state index is 0.114. The summed E-state index contributed by atoms with van der Waals surface area (Å²) in [5, 5.41) is 2.44. The third-order valence-corrected chi connectivity index (χ3v) is 6.53. The lowest BCUT2D eigenvalue weighted by Crippen LogP contribution is -2.40. The second-order valence-corrected chi connectivity index (χ2v) is 8.87. The number of ether oxygens (including phenoxy) is 2. The van der Waals surface area contributed by atoms with Gasteiger partial charge in [-0.2, -0.15) is 4.31 Å². The summed E-state index contributed by atoms with van der Waals surface area (Å²) in [5.74, 6) is 0.386. The standard InChI is InChI=1S/C22H22N2O6S/c1-16-6-8-17(9-7-16)29-19-5-3-2-4-18(19)23-22(25)20-10-11-21(30-20)31(26,27)24-12-14-28-15-13-24/h2-11H,12-15H2,1H3,(H,23,25). The Kier molecular flexibility index (Phi) is 6.08. The fraction of sp³-hybridized carbons (Fsp3) is 0.227. The van der Waals surface area contributed by atoms with Gasteiger partial charge in [-0.25, -0.2) is 8.42 Å². The molecular weight excluding hydrogens is 420 g/mol. The summed E-state index contributed by atoms with van der Waals surface area (Å²) in [6.07, 6.45) is 0. The first-order valence-corrected chi connectivity index (χ1v) is 11.2. The fourth-order valence-corrected chi connectivity index (χ4v) is 4.39. The van der Waals surface area contributed by atoms with Gasteiger partial charge in [-0.15, -0.1) is 0 Å². The van der Waals surface area contributed by atoms with Crippen LogP contribution in [0.1, 0.15) is 16.1 Å². The Hall–Kier alpha value is -3.14. The van der Waals surface area contributed by atoms with Gasteiger partial charge >= 0.3 is 0 Å². The highest BCUT2D eigenvalue weighted by Gasteiger charge is 2.30. The third kappa shape index (κ3) is 4.79. The fourth-order valence-electron chi connectivity index (χ4n) is 3.07. The maximum Gasteiger partial charge on any atom is 0.291 e. The Balaban J connectivity index is 1.50. The minimum Gasteiger partial charge on any atom is -0.455 e. The molecule has 0 unspecified atom stereocenters. The van der Waals surface area contributed by atoms with Crippen molar-refractivity contribution in [2.24, 2.45) is 0 Å². The highest BCUT2D eigenvalue weighted by molar-refractivity contribution is 7.89. The molecule has 0 radical (unpaired) electrons. The van der Waals surface area contributed by atoms with E-state index in [1.807, 2.05) is 31.2 Å². The lowest BCUT2D eigenvalue weighted by Gasteiger charge is -2.24. The number of furan rings is 1. The molecular formula is C22H22N2O6S. The van der Waals surface area contributed by atoms with Gasteiger partial charge in [0.25, 0.3) is 15.9 Å². The van der Waals surface area contributed by atoms with E-state index in [-0.39, 0.29) is 23.9 Å². The van der Waals surface area contributed by atoms with E-state index in [9.17, 15) is 13.2 Å². The van der Waals surface area contributed by atoms with Gasteiger partial charge in [0.15, 0.2) is 11.5 Å². The molecule has 0 bridgehead atoms. The zero-order valence-electron chi connectivity index (χ0n) is 16.9. The third-order valence-electron chi connectivity index (χ3n) is 4.75. The molecule has 3 aromatic rings. The quantitative estimate of drug-likeness (QED) is 0.626. The first-order valence-electron chi connectivity index (χ1n) is 9.76. The van der Waals surface area contributed by atoms with Gasteiger partial charge in [0.1, 0.15) is 5.75 Å². The van der Waals surface area contributed by atoms with Crippen LogP contribution in [0.5, 0.6) is 11.5 Å². The first-order chi connectivity index (χ1) is 14.9.